The fourth-order valence-corrected chi connectivity index (χ4v) is 3.29. The molecule has 0 spiro atoms. The summed E-state index contributed by atoms with van der Waals surface area (Å²) >= 11 is 0. The Bertz CT molecular complexity index is 689. The third kappa shape index (κ3) is 4.86. The van der Waals surface area contributed by atoms with Crippen molar-refractivity contribution < 1.29 is 14.0 Å². The van der Waals surface area contributed by atoms with Crippen molar-refractivity contribution in [1.29, 1.82) is 0 Å². The Morgan fingerprint density at radius 2 is 2.20 bits per heavy atom. The van der Waals surface area contributed by atoms with Gasteiger partial charge < -0.3 is 14.5 Å². The van der Waals surface area contributed by atoms with Gasteiger partial charge in [0.05, 0.1) is 0 Å². The highest BCUT2D eigenvalue weighted by molar-refractivity contribution is 5.54. The second-order valence-electron chi connectivity index (χ2n) is 6.90. The van der Waals surface area contributed by atoms with Crippen molar-refractivity contribution in [2.24, 2.45) is 5.92 Å². The number of benzene rings is 1. The van der Waals surface area contributed by atoms with Crippen molar-refractivity contribution in [2.45, 2.75) is 39.0 Å². The van der Waals surface area contributed by atoms with Crippen molar-refractivity contribution >= 4 is 0 Å². The molecule has 1 aliphatic rings. The van der Waals surface area contributed by atoms with Gasteiger partial charge in [0.2, 0.25) is 11.7 Å². The van der Waals surface area contributed by atoms with Crippen molar-refractivity contribution in [3.8, 4) is 11.4 Å². The summed E-state index contributed by atoms with van der Waals surface area (Å²) in [5, 5.41) is 13.3. The SMILES string of the molecule is Cc1ccc(-c2noc(CCCN3CCCC(CO)CC3)n2)cc1F. The number of hydrogen-bond donors (Lipinski definition) is 1. The molecule has 6 heteroatoms. The minimum atomic E-state index is -0.258. The van der Waals surface area contributed by atoms with Crippen molar-refractivity contribution in [3.05, 3.63) is 35.5 Å². The summed E-state index contributed by atoms with van der Waals surface area (Å²) in [6.45, 7) is 5.16. The highest BCUT2D eigenvalue weighted by Crippen LogP contribution is 2.20. The van der Waals surface area contributed by atoms with Crippen LogP contribution in [0.4, 0.5) is 4.39 Å². The number of likely N-dealkylation sites (tertiary alicyclic amines) is 1. The molecule has 1 aliphatic heterocycles. The number of hydrogen-bond acceptors (Lipinski definition) is 5. The van der Waals surface area contributed by atoms with E-state index in [0.29, 0.717) is 35.4 Å². The first-order chi connectivity index (χ1) is 12.2. The van der Waals surface area contributed by atoms with Gasteiger partial charge in [-0.05, 0) is 69.8 Å². The third-order valence-electron chi connectivity index (χ3n) is 4.96. The molecule has 1 aromatic heterocycles. The summed E-state index contributed by atoms with van der Waals surface area (Å²) in [7, 11) is 0. The molecule has 1 N–H and O–H groups in total. The van der Waals surface area contributed by atoms with Crippen LogP contribution in [0.3, 0.4) is 0 Å². The maximum Gasteiger partial charge on any atom is 0.227 e. The van der Waals surface area contributed by atoms with Gasteiger partial charge in [0.15, 0.2) is 0 Å². The molecule has 0 saturated carbocycles. The highest BCUT2D eigenvalue weighted by Gasteiger charge is 2.16. The van der Waals surface area contributed by atoms with E-state index < -0.39 is 0 Å². The Morgan fingerprint density at radius 1 is 1.32 bits per heavy atom. The van der Waals surface area contributed by atoms with Crippen LogP contribution in [-0.2, 0) is 6.42 Å². The lowest BCUT2D eigenvalue weighted by atomic mass is 10.0. The molecule has 5 nitrogen and oxygen atoms in total. The smallest absolute Gasteiger partial charge is 0.227 e. The molecule has 1 saturated heterocycles. The number of aromatic nitrogens is 2. The predicted octanol–water partition coefficient (Wildman–Crippen LogP) is 3.21. The molecule has 1 fully saturated rings. The lowest BCUT2D eigenvalue weighted by molar-refractivity contribution is 0.208. The van der Waals surface area contributed by atoms with Gasteiger partial charge in [-0.2, -0.15) is 4.98 Å². The average molecular weight is 347 g/mol. The fraction of sp³-hybridized carbons (Fsp3) is 0.579. The molecule has 25 heavy (non-hydrogen) atoms. The lowest BCUT2D eigenvalue weighted by Gasteiger charge is -2.19. The Kier molecular flexibility index (Phi) is 6.15. The van der Waals surface area contributed by atoms with Crippen LogP contribution in [0.2, 0.25) is 0 Å². The van der Waals surface area contributed by atoms with Gasteiger partial charge >= 0.3 is 0 Å². The molecule has 2 heterocycles. The third-order valence-corrected chi connectivity index (χ3v) is 4.96. The standard InChI is InChI=1S/C19H26FN3O2/c1-14-6-7-16(12-17(14)20)19-21-18(25-22-19)5-3-10-23-9-2-4-15(13-24)8-11-23/h6-7,12,15,24H,2-5,8-11,13H2,1H3. The first-order valence-corrected chi connectivity index (χ1v) is 9.08. The first kappa shape index (κ1) is 18.0. The number of halogens is 1. The molecule has 3 rings (SSSR count). The van der Waals surface area contributed by atoms with E-state index in [1.807, 2.05) is 6.07 Å². The van der Waals surface area contributed by atoms with Crippen LogP contribution < -0.4 is 0 Å². The monoisotopic (exact) mass is 347 g/mol. The van der Waals surface area contributed by atoms with Crippen LogP contribution in [0, 0.1) is 18.7 Å². The largest absolute Gasteiger partial charge is 0.396 e. The molecule has 1 unspecified atom stereocenters. The average Bonchev–Trinajstić information content (AvgIpc) is 2.96. The Morgan fingerprint density at radius 3 is 3.00 bits per heavy atom. The van der Waals surface area contributed by atoms with E-state index >= 15 is 0 Å². The number of aliphatic hydroxyl groups is 1. The number of rotatable bonds is 6. The second-order valence-corrected chi connectivity index (χ2v) is 6.90. The van der Waals surface area contributed by atoms with Crippen LogP contribution in [0.1, 0.15) is 37.1 Å². The van der Waals surface area contributed by atoms with E-state index in [1.54, 1.807) is 13.0 Å². The van der Waals surface area contributed by atoms with Gasteiger partial charge in [0, 0.05) is 18.6 Å². The Hall–Kier alpha value is -1.79. The fourth-order valence-electron chi connectivity index (χ4n) is 3.29. The topological polar surface area (TPSA) is 62.4 Å². The molecule has 0 bridgehead atoms. The maximum atomic E-state index is 13.7. The van der Waals surface area contributed by atoms with Gasteiger partial charge in [-0.25, -0.2) is 4.39 Å². The zero-order valence-electron chi connectivity index (χ0n) is 14.7. The van der Waals surface area contributed by atoms with E-state index in [9.17, 15) is 9.50 Å². The summed E-state index contributed by atoms with van der Waals surface area (Å²) in [5.41, 5.74) is 1.24. The zero-order chi connectivity index (χ0) is 17.6. The Labute approximate surface area is 147 Å². The maximum absolute atomic E-state index is 13.7. The van der Waals surface area contributed by atoms with Gasteiger partial charge in [-0.3, -0.25) is 0 Å². The Balaban J connectivity index is 1.49. The summed E-state index contributed by atoms with van der Waals surface area (Å²) in [5.74, 6) is 1.23. The molecule has 1 aromatic carbocycles. The molecule has 0 radical (unpaired) electrons. The molecule has 0 amide bonds. The molecule has 2 aromatic rings. The molecule has 0 aliphatic carbocycles. The number of aliphatic hydroxyl groups excluding tert-OH is 1. The number of aryl methyl sites for hydroxylation is 2. The van der Waals surface area contributed by atoms with E-state index in [1.165, 1.54) is 6.07 Å². The molecular weight excluding hydrogens is 321 g/mol. The van der Waals surface area contributed by atoms with Crippen LogP contribution in [0.5, 0.6) is 0 Å². The summed E-state index contributed by atoms with van der Waals surface area (Å²) < 4.78 is 19.0. The normalized spacial score (nSPS) is 19.1. The zero-order valence-corrected chi connectivity index (χ0v) is 14.7. The second kappa shape index (κ2) is 8.54. The molecular formula is C19H26FN3O2. The number of nitrogens with zero attached hydrogens (tertiary/aromatic N) is 3. The van der Waals surface area contributed by atoms with E-state index in [-0.39, 0.29) is 5.82 Å². The minimum Gasteiger partial charge on any atom is -0.396 e. The highest BCUT2D eigenvalue weighted by atomic mass is 19.1. The van der Waals surface area contributed by atoms with Crippen molar-refractivity contribution in [3.63, 3.8) is 0 Å². The molecule has 1 atom stereocenters. The molecule has 136 valence electrons. The predicted molar refractivity (Wildman–Crippen MR) is 93.6 cm³/mol. The van der Waals surface area contributed by atoms with Crippen molar-refractivity contribution in [2.75, 3.05) is 26.2 Å². The summed E-state index contributed by atoms with van der Waals surface area (Å²) in [4.78, 5) is 6.83. The van der Waals surface area contributed by atoms with Crippen LogP contribution >= 0.6 is 0 Å². The minimum absolute atomic E-state index is 0.258. The summed E-state index contributed by atoms with van der Waals surface area (Å²) in [6, 6.07) is 4.97. The first-order valence-electron chi connectivity index (χ1n) is 9.08. The summed E-state index contributed by atoms with van der Waals surface area (Å²) in [6.07, 6.45) is 5.01. The van der Waals surface area contributed by atoms with Crippen LogP contribution in [0.15, 0.2) is 22.7 Å². The quantitative estimate of drug-likeness (QED) is 0.869. The van der Waals surface area contributed by atoms with Gasteiger partial charge in [-0.1, -0.05) is 17.3 Å². The van der Waals surface area contributed by atoms with Gasteiger partial charge in [0.25, 0.3) is 0 Å². The van der Waals surface area contributed by atoms with Crippen molar-refractivity contribution in [1.82, 2.24) is 15.0 Å². The van der Waals surface area contributed by atoms with Gasteiger partial charge in [0.1, 0.15) is 5.82 Å². The van der Waals surface area contributed by atoms with Gasteiger partial charge in [-0.15, -0.1) is 0 Å². The van der Waals surface area contributed by atoms with E-state index in [2.05, 4.69) is 15.0 Å². The van der Waals surface area contributed by atoms with Crippen LogP contribution in [-0.4, -0.2) is 46.4 Å². The van der Waals surface area contributed by atoms with E-state index in [0.717, 1.165) is 51.7 Å². The lowest BCUT2D eigenvalue weighted by Crippen LogP contribution is -2.26. The van der Waals surface area contributed by atoms with E-state index in [4.69, 9.17) is 4.52 Å². The van der Waals surface area contributed by atoms with Crippen LogP contribution in [0.25, 0.3) is 11.4 Å².